The second-order valence-corrected chi connectivity index (χ2v) is 5.57. The van der Waals surface area contributed by atoms with Gasteiger partial charge in [-0.05, 0) is 18.2 Å². The van der Waals surface area contributed by atoms with Crippen LogP contribution in [0.25, 0.3) is 0 Å². The summed E-state index contributed by atoms with van der Waals surface area (Å²) in [6.45, 7) is 1.16. The Morgan fingerprint density at radius 3 is 2.50 bits per heavy atom. The molecule has 0 aromatic heterocycles. The molecule has 20 heavy (non-hydrogen) atoms. The topological polar surface area (TPSA) is 113 Å². The van der Waals surface area contributed by atoms with Gasteiger partial charge in [0.15, 0.2) is 0 Å². The molecule has 1 aromatic rings. The molecule has 0 radical (unpaired) electrons. The van der Waals surface area contributed by atoms with E-state index in [0.717, 1.165) is 18.2 Å². The summed E-state index contributed by atoms with van der Waals surface area (Å²) in [6.07, 6.45) is 0. The van der Waals surface area contributed by atoms with Crippen LogP contribution in [0.15, 0.2) is 23.1 Å². The zero-order chi connectivity index (χ0) is 15.3. The van der Waals surface area contributed by atoms with Crippen molar-refractivity contribution < 1.29 is 27.5 Å². The Labute approximate surface area is 114 Å². The SMILES string of the molecule is CC(=O)NCCNS(=O)(=O)c1cc(C(=O)O)ccc1F. The summed E-state index contributed by atoms with van der Waals surface area (Å²) < 4.78 is 39.2. The second kappa shape index (κ2) is 6.44. The molecular weight excluding hydrogens is 291 g/mol. The van der Waals surface area contributed by atoms with E-state index in [-0.39, 0.29) is 24.6 Å². The number of nitrogens with one attached hydrogen (secondary N) is 2. The van der Waals surface area contributed by atoms with Crippen LogP contribution in [0.5, 0.6) is 0 Å². The smallest absolute Gasteiger partial charge is 0.335 e. The molecule has 0 fully saturated rings. The summed E-state index contributed by atoms with van der Waals surface area (Å²) >= 11 is 0. The molecular formula is C11H13FN2O5S. The lowest BCUT2D eigenvalue weighted by atomic mass is 10.2. The van der Waals surface area contributed by atoms with Crippen molar-refractivity contribution in [2.45, 2.75) is 11.8 Å². The van der Waals surface area contributed by atoms with Crippen LogP contribution in [0, 0.1) is 5.82 Å². The second-order valence-electron chi connectivity index (χ2n) is 3.83. The van der Waals surface area contributed by atoms with Crippen LogP contribution in [0.3, 0.4) is 0 Å². The van der Waals surface area contributed by atoms with Gasteiger partial charge in [0.2, 0.25) is 15.9 Å². The summed E-state index contributed by atoms with van der Waals surface area (Å²) in [4.78, 5) is 20.6. The molecule has 0 unspecified atom stereocenters. The number of carboxylic acid groups (broad SMARTS) is 1. The third-order valence-electron chi connectivity index (χ3n) is 2.26. The molecule has 9 heteroatoms. The molecule has 0 saturated carbocycles. The predicted octanol–water partition coefficient (Wildman–Crippen LogP) is -0.0617. The minimum absolute atomic E-state index is 0.0365. The van der Waals surface area contributed by atoms with Crippen molar-refractivity contribution in [2.24, 2.45) is 0 Å². The van der Waals surface area contributed by atoms with Gasteiger partial charge in [0.1, 0.15) is 10.7 Å². The van der Waals surface area contributed by atoms with E-state index in [1.54, 1.807) is 0 Å². The molecule has 0 spiro atoms. The van der Waals surface area contributed by atoms with Gasteiger partial charge in [0.25, 0.3) is 0 Å². The van der Waals surface area contributed by atoms with Crippen LogP contribution >= 0.6 is 0 Å². The molecule has 0 atom stereocenters. The molecule has 110 valence electrons. The summed E-state index contributed by atoms with van der Waals surface area (Å²) in [5.41, 5.74) is -0.339. The highest BCUT2D eigenvalue weighted by Gasteiger charge is 2.20. The molecule has 0 aliphatic rings. The predicted molar refractivity (Wildman–Crippen MR) is 67.2 cm³/mol. The zero-order valence-electron chi connectivity index (χ0n) is 10.5. The number of rotatable bonds is 6. The lowest BCUT2D eigenvalue weighted by molar-refractivity contribution is -0.118. The van der Waals surface area contributed by atoms with Crippen molar-refractivity contribution >= 4 is 21.9 Å². The summed E-state index contributed by atoms with van der Waals surface area (Å²) in [6, 6.07) is 2.47. The van der Waals surface area contributed by atoms with Crippen molar-refractivity contribution in [2.75, 3.05) is 13.1 Å². The molecule has 0 saturated heterocycles. The first-order valence-corrected chi connectivity index (χ1v) is 6.99. The molecule has 0 aliphatic heterocycles. The van der Waals surface area contributed by atoms with Crippen LogP contribution in [0.4, 0.5) is 4.39 Å². The van der Waals surface area contributed by atoms with Crippen LogP contribution < -0.4 is 10.0 Å². The lowest BCUT2D eigenvalue weighted by Gasteiger charge is -2.08. The summed E-state index contributed by atoms with van der Waals surface area (Å²) in [5.74, 6) is -2.75. The van der Waals surface area contributed by atoms with E-state index in [0.29, 0.717) is 0 Å². The van der Waals surface area contributed by atoms with E-state index in [1.165, 1.54) is 6.92 Å². The Morgan fingerprint density at radius 1 is 1.30 bits per heavy atom. The Morgan fingerprint density at radius 2 is 1.95 bits per heavy atom. The number of halogens is 1. The number of aromatic carboxylic acids is 1. The maximum Gasteiger partial charge on any atom is 0.335 e. The third kappa shape index (κ3) is 4.28. The average Bonchev–Trinajstić information content (AvgIpc) is 2.34. The Bertz CT molecular complexity index is 630. The van der Waals surface area contributed by atoms with Gasteiger partial charge in [0.05, 0.1) is 5.56 Å². The van der Waals surface area contributed by atoms with Crippen molar-refractivity contribution in [1.82, 2.24) is 10.0 Å². The first-order chi connectivity index (χ1) is 9.24. The number of carbonyl (C=O) groups excluding carboxylic acids is 1. The fourth-order valence-corrected chi connectivity index (χ4v) is 2.48. The number of amides is 1. The first kappa shape index (κ1) is 16.1. The standard InChI is InChI=1S/C11H13FN2O5S/c1-7(15)13-4-5-14-20(18,19)10-6-8(11(16)17)2-3-9(10)12/h2-3,6,14H,4-5H2,1H3,(H,13,15)(H,16,17). The molecule has 1 rings (SSSR count). The fourth-order valence-electron chi connectivity index (χ4n) is 1.34. The van der Waals surface area contributed by atoms with Gasteiger partial charge in [-0.3, -0.25) is 4.79 Å². The molecule has 3 N–H and O–H groups in total. The number of carboxylic acids is 1. The molecule has 0 heterocycles. The Balaban J connectivity index is 2.89. The zero-order valence-corrected chi connectivity index (χ0v) is 11.3. The van der Waals surface area contributed by atoms with Crippen molar-refractivity contribution in [1.29, 1.82) is 0 Å². The maximum absolute atomic E-state index is 13.5. The van der Waals surface area contributed by atoms with Gasteiger partial charge in [-0.25, -0.2) is 22.3 Å². The van der Waals surface area contributed by atoms with E-state index < -0.39 is 26.7 Å². The minimum Gasteiger partial charge on any atom is -0.478 e. The number of hydrogen-bond donors (Lipinski definition) is 3. The van der Waals surface area contributed by atoms with E-state index >= 15 is 0 Å². The van der Waals surface area contributed by atoms with E-state index in [2.05, 4.69) is 10.0 Å². The Kier molecular flexibility index (Phi) is 5.17. The number of carbonyl (C=O) groups is 2. The van der Waals surface area contributed by atoms with Gasteiger partial charge >= 0.3 is 5.97 Å². The molecule has 0 bridgehead atoms. The normalized spacial score (nSPS) is 11.1. The number of benzene rings is 1. The van der Waals surface area contributed by atoms with Crippen molar-refractivity contribution in [3.8, 4) is 0 Å². The van der Waals surface area contributed by atoms with Crippen LogP contribution in [0.1, 0.15) is 17.3 Å². The highest BCUT2D eigenvalue weighted by Crippen LogP contribution is 2.16. The lowest BCUT2D eigenvalue weighted by Crippen LogP contribution is -2.34. The van der Waals surface area contributed by atoms with Crippen molar-refractivity contribution in [3.05, 3.63) is 29.6 Å². The maximum atomic E-state index is 13.5. The van der Waals surface area contributed by atoms with Crippen LogP contribution in [0.2, 0.25) is 0 Å². The minimum atomic E-state index is -4.18. The molecule has 1 aromatic carbocycles. The van der Waals surface area contributed by atoms with Crippen molar-refractivity contribution in [3.63, 3.8) is 0 Å². The van der Waals surface area contributed by atoms with E-state index in [9.17, 15) is 22.4 Å². The van der Waals surface area contributed by atoms with Gasteiger partial charge in [0, 0.05) is 20.0 Å². The monoisotopic (exact) mass is 304 g/mol. The quantitative estimate of drug-likeness (QED) is 0.637. The van der Waals surface area contributed by atoms with Gasteiger partial charge in [-0.1, -0.05) is 0 Å². The summed E-state index contributed by atoms with van der Waals surface area (Å²) in [7, 11) is -4.18. The number of hydrogen-bond acceptors (Lipinski definition) is 4. The van der Waals surface area contributed by atoms with Crippen LogP contribution in [-0.4, -0.2) is 38.5 Å². The first-order valence-electron chi connectivity index (χ1n) is 5.51. The molecule has 1 amide bonds. The highest BCUT2D eigenvalue weighted by atomic mass is 32.2. The Hall–Kier alpha value is -2.00. The molecule has 7 nitrogen and oxygen atoms in total. The molecule has 0 aliphatic carbocycles. The third-order valence-corrected chi connectivity index (χ3v) is 3.73. The number of sulfonamides is 1. The van der Waals surface area contributed by atoms with E-state index in [4.69, 9.17) is 5.11 Å². The van der Waals surface area contributed by atoms with Gasteiger partial charge in [-0.2, -0.15) is 0 Å². The van der Waals surface area contributed by atoms with Gasteiger partial charge in [-0.15, -0.1) is 0 Å². The fraction of sp³-hybridized carbons (Fsp3) is 0.273. The van der Waals surface area contributed by atoms with E-state index in [1.807, 2.05) is 0 Å². The van der Waals surface area contributed by atoms with Crippen LogP contribution in [-0.2, 0) is 14.8 Å². The summed E-state index contributed by atoms with van der Waals surface area (Å²) in [5, 5.41) is 11.1. The largest absolute Gasteiger partial charge is 0.478 e. The van der Waals surface area contributed by atoms with Gasteiger partial charge < -0.3 is 10.4 Å². The highest BCUT2D eigenvalue weighted by molar-refractivity contribution is 7.89. The average molecular weight is 304 g/mol.